The van der Waals surface area contributed by atoms with Crippen LogP contribution in [0.4, 0.5) is 4.39 Å². The van der Waals surface area contributed by atoms with Crippen molar-refractivity contribution in [1.82, 2.24) is 9.97 Å². The fraction of sp³-hybridized carbons (Fsp3) is 0.167. The van der Waals surface area contributed by atoms with Crippen LogP contribution in [0.3, 0.4) is 0 Å². The van der Waals surface area contributed by atoms with Crippen LogP contribution in [-0.4, -0.2) is 9.97 Å². The van der Waals surface area contributed by atoms with Gasteiger partial charge in [-0.1, -0.05) is 18.2 Å². The molecule has 2 nitrogen and oxygen atoms in total. The maximum Gasteiger partial charge on any atom is 0.216 e. The summed E-state index contributed by atoms with van der Waals surface area (Å²) in [6.45, 7) is 3.94. The summed E-state index contributed by atoms with van der Waals surface area (Å²) in [5, 5.41) is 0. The quantitative estimate of drug-likeness (QED) is 0.664. The molecule has 0 N–H and O–H groups in total. The van der Waals surface area contributed by atoms with Crippen LogP contribution < -0.4 is 0 Å². The zero-order valence-corrected chi connectivity index (χ0v) is 8.66. The Bertz CT molecular complexity index is 474. The van der Waals surface area contributed by atoms with Crippen molar-refractivity contribution in [2.75, 3.05) is 0 Å². The Balaban J connectivity index is 2.63. The largest absolute Gasteiger partial charge is 0.236 e. The third kappa shape index (κ3) is 1.86. The van der Waals surface area contributed by atoms with Gasteiger partial charge in [-0.2, -0.15) is 9.37 Å². The molecule has 0 unspecified atom stereocenters. The predicted octanol–water partition coefficient (Wildman–Crippen LogP) is 2.90. The Hall–Kier alpha value is -1.77. The minimum atomic E-state index is -0.498. The topological polar surface area (TPSA) is 25.8 Å². The summed E-state index contributed by atoms with van der Waals surface area (Å²) in [6.07, 6.45) is 1.43. The molecule has 0 aliphatic rings. The van der Waals surface area contributed by atoms with Crippen LogP contribution in [0.5, 0.6) is 0 Å². The van der Waals surface area contributed by atoms with Crippen LogP contribution in [0.25, 0.3) is 11.4 Å². The second kappa shape index (κ2) is 3.77. The van der Waals surface area contributed by atoms with Gasteiger partial charge in [0.05, 0.1) is 0 Å². The van der Waals surface area contributed by atoms with Gasteiger partial charge >= 0.3 is 0 Å². The van der Waals surface area contributed by atoms with Crippen molar-refractivity contribution < 1.29 is 4.39 Å². The molecule has 3 heteroatoms. The molecule has 2 rings (SSSR count). The van der Waals surface area contributed by atoms with Crippen molar-refractivity contribution in [2.45, 2.75) is 13.8 Å². The van der Waals surface area contributed by atoms with E-state index in [4.69, 9.17) is 0 Å². The van der Waals surface area contributed by atoms with E-state index in [1.54, 1.807) is 0 Å². The number of nitrogens with zero attached hydrogens (tertiary/aromatic N) is 2. The molecule has 0 amide bonds. The molecule has 0 spiro atoms. The maximum absolute atomic E-state index is 13.0. The van der Waals surface area contributed by atoms with E-state index in [1.165, 1.54) is 12.3 Å². The molecule has 0 aliphatic carbocycles. The van der Waals surface area contributed by atoms with E-state index in [0.29, 0.717) is 5.82 Å². The summed E-state index contributed by atoms with van der Waals surface area (Å²) < 4.78 is 13.0. The lowest BCUT2D eigenvalue weighted by atomic mass is 10.0. The van der Waals surface area contributed by atoms with Crippen LogP contribution in [0.15, 0.2) is 30.5 Å². The van der Waals surface area contributed by atoms with E-state index in [2.05, 4.69) is 9.97 Å². The third-order valence-corrected chi connectivity index (χ3v) is 2.33. The summed E-state index contributed by atoms with van der Waals surface area (Å²) >= 11 is 0. The summed E-state index contributed by atoms with van der Waals surface area (Å²) in [4.78, 5) is 7.87. The lowest BCUT2D eigenvalue weighted by molar-refractivity contribution is 0.581. The first-order valence-corrected chi connectivity index (χ1v) is 4.73. The summed E-state index contributed by atoms with van der Waals surface area (Å²) in [7, 11) is 0. The molecule has 0 bridgehead atoms. The first-order valence-electron chi connectivity index (χ1n) is 4.73. The molecule has 0 atom stereocenters. The van der Waals surface area contributed by atoms with Gasteiger partial charge < -0.3 is 0 Å². The number of hydrogen-bond acceptors (Lipinski definition) is 2. The first-order chi connectivity index (χ1) is 7.18. The van der Waals surface area contributed by atoms with Crippen LogP contribution in [0, 0.1) is 19.8 Å². The van der Waals surface area contributed by atoms with E-state index in [1.807, 2.05) is 32.0 Å². The van der Waals surface area contributed by atoms with Crippen LogP contribution >= 0.6 is 0 Å². The Labute approximate surface area is 87.8 Å². The Morgan fingerprint density at radius 3 is 2.33 bits per heavy atom. The SMILES string of the molecule is Cc1cccc(C)c1-c1nccc(F)n1. The number of rotatable bonds is 1. The van der Waals surface area contributed by atoms with Gasteiger partial charge in [0.15, 0.2) is 5.82 Å². The molecule has 0 radical (unpaired) electrons. The van der Waals surface area contributed by atoms with E-state index < -0.39 is 5.95 Å². The Morgan fingerprint density at radius 1 is 1.07 bits per heavy atom. The van der Waals surface area contributed by atoms with E-state index in [9.17, 15) is 4.39 Å². The van der Waals surface area contributed by atoms with Gasteiger partial charge in [0.2, 0.25) is 5.95 Å². The van der Waals surface area contributed by atoms with Gasteiger partial charge in [0, 0.05) is 17.8 Å². The highest BCUT2D eigenvalue weighted by molar-refractivity contribution is 5.63. The maximum atomic E-state index is 13.0. The van der Waals surface area contributed by atoms with Gasteiger partial charge in [0.1, 0.15) is 0 Å². The smallest absolute Gasteiger partial charge is 0.216 e. The third-order valence-electron chi connectivity index (χ3n) is 2.33. The van der Waals surface area contributed by atoms with Gasteiger partial charge in [-0.25, -0.2) is 4.98 Å². The van der Waals surface area contributed by atoms with E-state index >= 15 is 0 Å². The summed E-state index contributed by atoms with van der Waals surface area (Å²) in [6, 6.07) is 7.15. The minimum Gasteiger partial charge on any atom is -0.236 e. The fourth-order valence-corrected chi connectivity index (χ4v) is 1.62. The first kappa shape index (κ1) is 9.77. The predicted molar refractivity (Wildman–Crippen MR) is 56.9 cm³/mol. The number of aromatic nitrogens is 2. The molecular formula is C12H11FN2. The average Bonchev–Trinajstić information content (AvgIpc) is 2.17. The van der Waals surface area contributed by atoms with Crippen molar-refractivity contribution in [1.29, 1.82) is 0 Å². The molecule has 1 aromatic heterocycles. The molecule has 76 valence electrons. The lowest BCUT2D eigenvalue weighted by Gasteiger charge is -2.07. The van der Waals surface area contributed by atoms with Crippen LogP contribution in [-0.2, 0) is 0 Å². The fourth-order valence-electron chi connectivity index (χ4n) is 1.62. The van der Waals surface area contributed by atoms with Crippen molar-refractivity contribution in [3.8, 4) is 11.4 Å². The highest BCUT2D eigenvalue weighted by Gasteiger charge is 2.08. The molecule has 0 saturated heterocycles. The van der Waals surface area contributed by atoms with Gasteiger partial charge in [-0.15, -0.1) is 0 Å². The highest BCUT2D eigenvalue weighted by atomic mass is 19.1. The molecule has 0 aliphatic heterocycles. The molecule has 2 aromatic rings. The zero-order valence-electron chi connectivity index (χ0n) is 8.66. The van der Waals surface area contributed by atoms with Crippen molar-refractivity contribution in [2.24, 2.45) is 0 Å². The van der Waals surface area contributed by atoms with Gasteiger partial charge in [-0.05, 0) is 25.0 Å². The molecular weight excluding hydrogens is 191 g/mol. The van der Waals surface area contributed by atoms with Crippen molar-refractivity contribution in [3.63, 3.8) is 0 Å². The number of aryl methyl sites for hydroxylation is 2. The lowest BCUT2D eigenvalue weighted by Crippen LogP contribution is -1.95. The highest BCUT2D eigenvalue weighted by Crippen LogP contribution is 2.23. The van der Waals surface area contributed by atoms with Gasteiger partial charge in [0.25, 0.3) is 0 Å². The van der Waals surface area contributed by atoms with Crippen LogP contribution in [0.1, 0.15) is 11.1 Å². The normalized spacial score (nSPS) is 10.3. The minimum absolute atomic E-state index is 0.450. The van der Waals surface area contributed by atoms with Gasteiger partial charge in [-0.3, -0.25) is 0 Å². The Kier molecular flexibility index (Phi) is 2.46. The number of benzene rings is 1. The van der Waals surface area contributed by atoms with Crippen molar-refractivity contribution >= 4 is 0 Å². The molecule has 1 heterocycles. The molecule has 1 aromatic carbocycles. The second-order valence-electron chi connectivity index (χ2n) is 3.47. The number of halogens is 1. The summed E-state index contributed by atoms with van der Waals surface area (Å²) in [5.74, 6) is -0.0479. The van der Waals surface area contributed by atoms with Crippen molar-refractivity contribution in [3.05, 3.63) is 47.5 Å². The Morgan fingerprint density at radius 2 is 1.73 bits per heavy atom. The second-order valence-corrected chi connectivity index (χ2v) is 3.47. The van der Waals surface area contributed by atoms with E-state index in [-0.39, 0.29) is 0 Å². The molecule has 0 fully saturated rings. The summed E-state index contributed by atoms with van der Waals surface area (Å²) in [5.41, 5.74) is 3.03. The van der Waals surface area contributed by atoms with E-state index in [0.717, 1.165) is 16.7 Å². The molecule has 0 saturated carbocycles. The zero-order chi connectivity index (χ0) is 10.8. The standard InChI is InChI=1S/C12H11FN2/c1-8-4-3-5-9(2)11(8)12-14-7-6-10(13)15-12/h3-7H,1-2H3. The molecule has 15 heavy (non-hydrogen) atoms. The number of hydrogen-bond donors (Lipinski definition) is 0. The monoisotopic (exact) mass is 202 g/mol. The van der Waals surface area contributed by atoms with Crippen LogP contribution in [0.2, 0.25) is 0 Å². The average molecular weight is 202 g/mol.